The quantitative estimate of drug-likeness (QED) is 0.789. The first kappa shape index (κ1) is 12.0. The van der Waals surface area contributed by atoms with E-state index in [9.17, 15) is 4.79 Å². The van der Waals surface area contributed by atoms with Crippen molar-refractivity contribution in [1.82, 2.24) is 14.5 Å². The summed E-state index contributed by atoms with van der Waals surface area (Å²) in [6.07, 6.45) is 7.30. The molecule has 0 bridgehead atoms. The summed E-state index contributed by atoms with van der Waals surface area (Å²) in [4.78, 5) is 20.1. The summed E-state index contributed by atoms with van der Waals surface area (Å²) in [6, 6.07) is 0.374. The first-order valence-corrected chi connectivity index (χ1v) is 6.47. The van der Waals surface area contributed by atoms with Crippen LogP contribution >= 0.6 is 0 Å². The van der Waals surface area contributed by atoms with E-state index in [0.717, 1.165) is 30.7 Å². The van der Waals surface area contributed by atoms with Crippen LogP contribution in [0.1, 0.15) is 41.6 Å². The van der Waals surface area contributed by atoms with Crippen molar-refractivity contribution >= 4 is 5.97 Å². The van der Waals surface area contributed by atoms with Crippen molar-refractivity contribution in [3.63, 3.8) is 0 Å². The third-order valence-corrected chi connectivity index (χ3v) is 3.21. The Morgan fingerprint density at radius 3 is 3.16 bits per heavy atom. The minimum absolute atomic E-state index is 0.190. The number of hydrogen-bond acceptors (Lipinski definition) is 5. The SMILES string of the molecule is CCOC(=O)c1coc(-n2cnc3c2CCCC3)n1. The molecule has 0 aromatic carbocycles. The normalized spacial score (nSPS) is 14.2. The van der Waals surface area contributed by atoms with Crippen LogP contribution in [0.5, 0.6) is 0 Å². The van der Waals surface area contributed by atoms with Gasteiger partial charge in [-0.2, -0.15) is 4.98 Å². The fourth-order valence-electron chi connectivity index (χ4n) is 2.31. The highest BCUT2D eigenvalue weighted by Gasteiger charge is 2.20. The van der Waals surface area contributed by atoms with E-state index >= 15 is 0 Å². The van der Waals surface area contributed by atoms with Crippen LogP contribution in [0.15, 0.2) is 17.0 Å². The molecule has 0 aliphatic heterocycles. The third-order valence-electron chi connectivity index (χ3n) is 3.21. The molecule has 6 heteroatoms. The first-order valence-electron chi connectivity index (χ1n) is 6.47. The number of oxazole rings is 1. The molecule has 6 nitrogen and oxygen atoms in total. The van der Waals surface area contributed by atoms with Gasteiger partial charge in [-0.3, -0.25) is 4.57 Å². The zero-order valence-electron chi connectivity index (χ0n) is 10.8. The number of carbonyl (C=O) groups excluding carboxylic acids is 1. The predicted molar refractivity (Wildman–Crippen MR) is 66.2 cm³/mol. The maximum Gasteiger partial charge on any atom is 0.360 e. The number of ether oxygens (including phenoxy) is 1. The monoisotopic (exact) mass is 261 g/mol. The van der Waals surface area contributed by atoms with E-state index in [0.29, 0.717) is 12.6 Å². The molecule has 19 heavy (non-hydrogen) atoms. The lowest BCUT2D eigenvalue weighted by molar-refractivity contribution is 0.0519. The molecule has 2 aromatic rings. The molecular weight excluding hydrogens is 246 g/mol. The van der Waals surface area contributed by atoms with Crippen molar-refractivity contribution in [2.45, 2.75) is 32.6 Å². The Morgan fingerprint density at radius 2 is 2.32 bits per heavy atom. The van der Waals surface area contributed by atoms with Crippen molar-refractivity contribution in [1.29, 1.82) is 0 Å². The summed E-state index contributed by atoms with van der Waals surface area (Å²) < 4.78 is 12.1. The molecule has 1 aliphatic carbocycles. The molecule has 100 valence electrons. The van der Waals surface area contributed by atoms with Gasteiger partial charge in [0.25, 0.3) is 0 Å². The molecule has 0 fully saturated rings. The van der Waals surface area contributed by atoms with E-state index in [1.165, 1.54) is 12.7 Å². The highest BCUT2D eigenvalue weighted by Crippen LogP contribution is 2.22. The summed E-state index contributed by atoms with van der Waals surface area (Å²) in [5, 5.41) is 0. The van der Waals surface area contributed by atoms with Crippen LogP contribution in [-0.2, 0) is 17.6 Å². The fourth-order valence-corrected chi connectivity index (χ4v) is 2.31. The number of hydrogen-bond donors (Lipinski definition) is 0. The summed E-state index contributed by atoms with van der Waals surface area (Å²) in [5.41, 5.74) is 2.42. The van der Waals surface area contributed by atoms with E-state index in [2.05, 4.69) is 9.97 Å². The predicted octanol–water partition coefficient (Wildman–Crippen LogP) is 1.92. The molecule has 2 aromatic heterocycles. The number of nitrogens with zero attached hydrogens (tertiary/aromatic N) is 3. The second-order valence-corrected chi connectivity index (χ2v) is 4.45. The van der Waals surface area contributed by atoms with E-state index in [-0.39, 0.29) is 5.69 Å². The molecule has 0 unspecified atom stereocenters. The van der Waals surface area contributed by atoms with Crippen molar-refractivity contribution in [2.75, 3.05) is 6.61 Å². The van der Waals surface area contributed by atoms with Crippen LogP contribution in [-0.4, -0.2) is 27.1 Å². The van der Waals surface area contributed by atoms with Crippen LogP contribution in [0, 0.1) is 0 Å². The highest BCUT2D eigenvalue weighted by molar-refractivity contribution is 5.86. The Bertz CT molecular complexity index is 600. The van der Waals surface area contributed by atoms with Crippen LogP contribution in [0.3, 0.4) is 0 Å². The van der Waals surface area contributed by atoms with Gasteiger partial charge in [-0.05, 0) is 32.6 Å². The average Bonchev–Trinajstić information content (AvgIpc) is 3.05. The molecule has 0 saturated carbocycles. The van der Waals surface area contributed by atoms with Crippen molar-refractivity contribution in [3.05, 3.63) is 29.7 Å². The van der Waals surface area contributed by atoms with Gasteiger partial charge >= 0.3 is 12.0 Å². The van der Waals surface area contributed by atoms with Gasteiger partial charge < -0.3 is 9.15 Å². The lowest BCUT2D eigenvalue weighted by Gasteiger charge is -2.11. The zero-order valence-corrected chi connectivity index (χ0v) is 10.8. The molecule has 0 radical (unpaired) electrons. The molecule has 0 amide bonds. The lowest BCUT2D eigenvalue weighted by Crippen LogP contribution is -2.08. The molecule has 0 N–H and O–H groups in total. The third kappa shape index (κ3) is 2.14. The van der Waals surface area contributed by atoms with E-state index in [4.69, 9.17) is 9.15 Å². The van der Waals surface area contributed by atoms with Crippen molar-refractivity contribution < 1.29 is 13.9 Å². The van der Waals surface area contributed by atoms with E-state index < -0.39 is 5.97 Å². The zero-order chi connectivity index (χ0) is 13.2. The molecular formula is C13H15N3O3. The molecule has 0 atom stereocenters. The molecule has 1 aliphatic rings. The number of imidazole rings is 1. The van der Waals surface area contributed by atoms with Gasteiger partial charge in [-0.25, -0.2) is 9.78 Å². The Balaban J connectivity index is 1.90. The highest BCUT2D eigenvalue weighted by atomic mass is 16.5. The Hall–Kier alpha value is -2.11. The minimum atomic E-state index is -0.466. The Kier molecular flexibility index (Phi) is 3.06. The van der Waals surface area contributed by atoms with Gasteiger partial charge in [-0.1, -0.05) is 0 Å². The van der Waals surface area contributed by atoms with Crippen LogP contribution < -0.4 is 0 Å². The standard InChI is InChI=1S/C13H15N3O3/c1-2-18-12(17)10-7-19-13(15-10)16-8-14-9-5-3-4-6-11(9)16/h7-8H,2-6H2,1H3. The van der Waals surface area contributed by atoms with Gasteiger partial charge in [0.05, 0.1) is 18.0 Å². The average molecular weight is 261 g/mol. The number of carbonyl (C=O) groups is 1. The molecule has 2 heterocycles. The second kappa shape index (κ2) is 4.87. The van der Waals surface area contributed by atoms with E-state index in [1.807, 2.05) is 4.57 Å². The van der Waals surface area contributed by atoms with Crippen molar-refractivity contribution in [3.8, 4) is 6.01 Å². The maximum absolute atomic E-state index is 11.5. The molecule has 0 spiro atoms. The number of rotatable bonds is 3. The summed E-state index contributed by atoms with van der Waals surface area (Å²) >= 11 is 0. The number of fused-ring (bicyclic) bond motifs is 1. The first-order chi connectivity index (χ1) is 9.29. The Morgan fingerprint density at radius 1 is 1.47 bits per heavy atom. The lowest BCUT2D eigenvalue weighted by atomic mass is 10.0. The van der Waals surface area contributed by atoms with E-state index in [1.54, 1.807) is 13.3 Å². The van der Waals surface area contributed by atoms with Crippen LogP contribution in [0.2, 0.25) is 0 Å². The summed E-state index contributed by atoms with van der Waals surface area (Å²) in [6.45, 7) is 2.08. The van der Waals surface area contributed by atoms with Gasteiger partial charge in [0.2, 0.25) is 0 Å². The molecule has 0 saturated heterocycles. The largest absolute Gasteiger partial charge is 0.461 e. The summed E-state index contributed by atoms with van der Waals surface area (Å²) in [5.74, 6) is -0.466. The number of aromatic nitrogens is 3. The van der Waals surface area contributed by atoms with Crippen molar-refractivity contribution in [2.24, 2.45) is 0 Å². The van der Waals surface area contributed by atoms with Gasteiger partial charge in [0, 0.05) is 0 Å². The Labute approximate surface area is 110 Å². The summed E-state index contributed by atoms with van der Waals surface area (Å²) in [7, 11) is 0. The minimum Gasteiger partial charge on any atom is -0.461 e. The van der Waals surface area contributed by atoms with Gasteiger partial charge in [0.1, 0.15) is 12.6 Å². The topological polar surface area (TPSA) is 70.2 Å². The smallest absolute Gasteiger partial charge is 0.360 e. The molecule has 3 rings (SSSR count). The van der Waals surface area contributed by atoms with Crippen LogP contribution in [0.4, 0.5) is 0 Å². The fraction of sp³-hybridized carbons (Fsp3) is 0.462. The number of aryl methyl sites for hydroxylation is 1. The van der Waals surface area contributed by atoms with Gasteiger partial charge in [0.15, 0.2) is 5.69 Å². The van der Waals surface area contributed by atoms with Crippen LogP contribution in [0.25, 0.3) is 6.01 Å². The maximum atomic E-state index is 11.5. The number of esters is 1. The van der Waals surface area contributed by atoms with Gasteiger partial charge in [-0.15, -0.1) is 0 Å². The second-order valence-electron chi connectivity index (χ2n) is 4.45.